The molecule has 23 heavy (non-hydrogen) atoms. The van der Waals surface area contributed by atoms with Crippen LogP contribution in [0.25, 0.3) is 0 Å². The molecule has 0 spiro atoms. The molecule has 1 aliphatic heterocycles. The molecule has 0 bridgehead atoms. The SMILES string of the molecule is CC1CN(CC(F)(F)F)CCN(C(=O)c2cn(C(C)C)cn2)C1. The molecule has 2 rings (SSSR count). The van der Waals surface area contributed by atoms with E-state index >= 15 is 0 Å². The zero-order valence-electron chi connectivity index (χ0n) is 13.7. The van der Waals surface area contributed by atoms with Gasteiger partial charge in [0.25, 0.3) is 5.91 Å². The van der Waals surface area contributed by atoms with Crippen LogP contribution >= 0.6 is 0 Å². The van der Waals surface area contributed by atoms with Gasteiger partial charge in [-0.05, 0) is 19.8 Å². The maximum absolute atomic E-state index is 12.6. The lowest BCUT2D eigenvalue weighted by molar-refractivity contribution is -0.146. The van der Waals surface area contributed by atoms with Crippen molar-refractivity contribution >= 4 is 5.91 Å². The van der Waals surface area contributed by atoms with E-state index in [1.54, 1.807) is 17.4 Å². The van der Waals surface area contributed by atoms with Crippen molar-refractivity contribution in [2.45, 2.75) is 33.0 Å². The summed E-state index contributed by atoms with van der Waals surface area (Å²) in [5, 5.41) is 0. The number of amides is 1. The number of aromatic nitrogens is 2. The minimum absolute atomic E-state index is 0.0176. The van der Waals surface area contributed by atoms with Crippen molar-refractivity contribution in [2.24, 2.45) is 5.92 Å². The Labute approximate surface area is 134 Å². The first kappa shape index (κ1) is 17.8. The van der Waals surface area contributed by atoms with Crippen molar-refractivity contribution in [1.82, 2.24) is 19.4 Å². The molecule has 0 saturated carbocycles. The van der Waals surface area contributed by atoms with Crippen LogP contribution in [0, 0.1) is 5.92 Å². The van der Waals surface area contributed by atoms with Gasteiger partial charge in [-0.2, -0.15) is 13.2 Å². The largest absolute Gasteiger partial charge is 0.401 e. The quantitative estimate of drug-likeness (QED) is 0.854. The number of nitrogens with zero attached hydrogens (tertiary/aromatic N) is 4. The van der Waals surface area contributed by atoms with E-state index in [2.05, 4.69) is 4.98 Å². The van der Waals surface area contributed by atoms with E-state index < -0.39 is 12.7 Å². The van der Waals surface area contributed by atoms with Crippen molar-refractivity contribution in [2.75, 3.05) is 32.7 Å². The molecular formula is C15H23F3N4O. The molecule has 8 heteroatoms. The number of hydrogen-bond donors (Lipinski definition) is 0. The molecule has 0 aliphatic carbocycles. The van der Waals surface area contributed by atoms with E-state index in [0.717, 1.165) is 0 Å². The number of rotatable bonds is 3. The van der Waals surface area contributed by atoms with Gasteiger partial charge in [-0.25, -0.2) is 4.98 Å². The Hall–Kier alpha value is -1.57. The molecule has 0 N–H and O–H groups in total. The highest BCUT2D eigenvalue weighted by Crippen LogP contribution is 2.19. The summed E-state index contributed by atoms with van der Waals surface area (Å²) in [5.74, 6) is -0.235. The van der Waals surface area contributed by atoms with Crippen molar-refractivity contribution in [3.63, 3.8) is 0 Å². The molecule has 0 aromatic carbocycles. The third-order valence-electron chi connectivity index (χ3n) is 3.90. The van der Waals surface area contributed by atoms with Gasteiger partial charge in [0, 0.05) is 38.4 Å². The van der Waals surface area contributed by atoms with Crippen molar-refractivity contribution in [3.05, 3.63) is 18.2 Å². The summed E-state index contributed by atoms with van der Waals surface area (Å²) in [6.45, 7) is 6.20. The smallest absolute Gasteiger partial charge is 0.336 e. The minimum atomic E-state index is -4.21. The minimum Gasteiger partial charge on any atom is -0.336 e. The van der Waals surface area contributed by atoms with Gasteiger partial charge in [-0.15, -0.1) is 0 Å². The highest BCUT2D eigenvalue weighted by atomic mass is 19.4. The Kier molecular flexibility index (Phi) is 5.33. The van der Waals surface area contributed by atoms with Gasteiger partial charge < -0.3 is 9.47 Å². The van der Waals surface area contributed by atoms with Crippen LogP contribution in [0.2, 0.25) is 0 Å². The maximum atomic E-state index is 12.6. The van der Waals surface area contributed by atoms with Gasteiger partial charge in [-0.1, -0.05) is 6.92 Å². The number of carbonyl (C=O) groups excluding carboxylic acids is 1. The molecule has 1 saturated heterocycles. The van der Waals surface area contributed by atoms with E-state index in [4.69, 9.17) is 0 Å². The average Bonchev–Trinajstić information content (AvgIpc) is 2.83. The summed E-state index contributed by atoms with van der Waals surface area (Å²) in [7, 11) is 0. The van der Waals surface area contributed by atoms with E-state index in [-0.39, 0.29) is 31.0 Å². The molecule has 5 nitrogen and oxygen atoms in total. The van der Waals surface area contributed by atoms with Crippen molar-refractivity contribution in [3.8, 4) is 0 Å². The van der Waals surface area contributed by atoms with Crippen LogP contribution in [0.1, 0.15) is 37.3 Å². The molecule has 1 aliphatic rings. The number of halogens is 3. The van der Waals surface area contributed by atoms with Gasteiger partial charge in [0.2, 0.25) is 0 Å². The predicted molar refractivity (Wildman–Crippen MR) is 80.2 cm³/mol. The third kappa shape index (κ3) is 4.95. The summed E-state index contributed by atoms with van der Waals surface area (Å²) in [5.41, 5.74) is 0.343. The highest BCUT2D eigenvalue weighted by molar-refractivity contribution is 5.92. The number of hydrogen-bond acceptors (Lipinski definition) is 3. The summed E-state index contributed by atoms with van der Waals surface area (Å²) in [4.78, 5) is 19.6. The van der Waals surface area contributed by atoms with E-state index in [9.17, 15) is 18.0 Å². The normalized spacial score (nSPS) is 20.8. The Morgan fingerprint density at radius 1 is 1.35 bits per heavy atom. The third-order valence-corrected chi connectivity index (χ3v) is 3.90. The van der Waals surface area contributed by atoms with Crippen LogP contribution in [-0.2, 0) is 0 Å². The lowest BCUT2D eigenvalue weighted by Crippen LogP contribution is -2.38. The van der Waals surface area contributed by atoms with Crippen LogP contribution in [0.15, 0.2) is 12.5 Å². The number of alkyl halides is 3. The summed E-state index contributed by atoms with van der Waals surface area (Å²) >= 11 is 0. The number of carbonyl (C=O) groups is 1. The Morgan fingerprint density at radius 2 is 2.04 bits per heavy atom. The average molecular weight is 332 g/mol. The molecule has 1 fully saturated rings. The fourth-order valence-electron chi connectivity index (χ4n) is 2.79. The zero-order valence-corrected chi connectivity index (χ0v) is 13.7. The van der Waals surface area contributed by atoms with Gasteiger partial charge in [0.1, 0.15) is 5.69 Å². The summed E-state index contributed by atoms with van der Waals surface area (Å²) < 4.78 is 39.5. The van der Waals surface area contributed by atoms with Gasteiger partial charge in [0.15, 0.2) is 0 Å². The van der Waals surface area contributed by atoms with Crippen molar-refractivity contribution in [1.29, 1.82) is 0 Å². The fraction of sp³-hybridized carbons (Fsp3) is 0.733. The fourth-order valence-corrected chi connectivity index (χ4v) is 2.79. The summed E-state index contributed by atoms with van der Waals surface area (Å²) in [6, 6.07) is 0.203. The highest BCUT2D eigenvalue weighted by Gasteiger charge is 2.33. The molecule has 2 heterocycles. The Morgan fingerprint density at radius 3 is 2.61 bits per heavy atom. The first-order valence-electron chi connectivity index (χ1n) is 7.77. The molecule has 1 unspecified atom stereocenters. The molecule has 1 atom stereocenters. The van der Waals surface area contributed by atoms with Gasteiger partial charge >= 0.3 is 6.18 Å². The van der Waals surface area contributed by atoms with Gasteiger partial charge in [0.05, 0.1) is 12.9 Å². The monoisotopic (exact) mass is 332 g/mol. The van der Waals surface area contributed by atoms with E-state index in [1.807, 2.05) is 25.3 Å². The molecule has 0 radical (unpaired) electrons. The van der Waals surface area contributed by atoms with E-state index in [1.165, 1.54) is 4.90 Å². The van der Waals surface area contributed by atoms with Crippen LogP contribution in [0.3, 0.4) is 0 Å². The van der Waals surface area contributed by atoms with Crippen LogP contribution in [0.5, 0.6) is 0 Å². The van der Waals surface area contributed by atoms with Gasteiger partial charge in [-0.3, -0.25) is 9.69 Å². The standard InChI is InChI=1S/C15H23F3N4O/c1-11(2)22-8-13(19-10-22)14(23)21-5-4-20(6-12(3)7-21)9-15(16,17)18/h8,10-12H,4-7,9H2,1-3H3. The Bertz CT molecular complexity index is 541. The number of imidazole rings is 1. The maximum Gasteiger partial charge on any atom is 0.401 e. The second-order valence-corrected chi connectivity index (χ2v) is 6.51. The zero-order chi connectivity index (χ0) is 17.2. The predicted octanol–water partition coefficient (Wildman–Crippen LogP) is 2.42. The van der Waals surface area contributed by atoms with Crippen LogP contribution < -0.4 is 0 Å². The second-order valence-electron chi connectivity index (χ2n) is 6.51. The topological polar surface area (TPSA) is 41.4 Å². The first-order chi connectivity index (χ1) is 10.7. The van der Waals surface area contributed by atoms with Crippen LogP contribution in [-0.4, -0.2) is 64.2 Å². The Balaban J connectivity index is 2.03. The van der Waals surface area contributed by atoms with Crippen LogP contribution in [0.4, 0.5) is 13.2 Å². The molecule has 1 aromatic rings. The second kappa shape index (κ2) is 6.90. The van der Waals surface area contributed by atoms with E-state index in [0.29, 0.717) is 18.8 Å². The molecule has 1 amide bonds. The lowest BCUT2D eigenvalue weighted by Gasteiger charge is -2.22. The molecule has 1 aromatic heterocycles. The van der Waals surface area contributed by atoms with Crippen molar-refractivity contribution < 1.29 is 18.0 Å². The lowest BCUT2D eigenvalue weighted by atomic mass is 10.1. The first-order valence-corrected chi connectivity index (χ1v) is 7.77. The molecule has 130 valence electrons. The molecular weight excluding hydrogens is 309 g/mol. The summed E-state index contributed by atoms with van der Waals surface area (Å²) in [6.07, 6.45) is -0.917.